The molecule has 4 rings (SSSR count). The van der Waals surface area contributed by atoms with E-state index < -0.39 is 0 Å². The van der Waals surface area contributed by atoms with Crippen LogP contribution in [0.15, 0.2) is 47.0 Å². The predicted octanol–water partition coefficient (Wildman–Crippen LogP) is 3.13. The number of nitrogens with one attached hydrogen (secondary N) is 2. The monoisotopic (exact) mass is 407 g/mol. The summed E-state index contributed by atoms with van der Waals surface area (Å²) in [6.07, 6.45) is 0.119. The third-order valence-corrected chi connectivity index (χ3v) is 4.85. The Bertz CT molecular complexity index is 1090. The number of para-hydroxylation sites is 1. The lowest BCUT2D eigenvalue weighted by Crippen LogP contribution is -2.25. The first-order valence-corrected chi connectivity index (χ1v) is 9.48. The molecule has 8 heteroatoms. The van der Waals surface area contributed by atoms with Crippen LogP contribution < -0.4 is 20.1 Å². The summed E-state index contributed by atoms with van der Waals surface area (Å²) in [6, 6.07) is 12.4. The lowest BCUT2D eigenvalue weighted by molar-refractivity contribution is -0.115. The lowest BCUT2D eigenvalue weighted by atomic mass is 10.1. The largest absolute Gasteiger partial charge is 0.454 e. The number of carbonyl (C=O) groups excluding carboxylic acids is 2. The SMILES string of the molecule is Cc1noc(C)c1CC(=O)Nc1ccccc1C(=O)NCc1ccc2c(c1)OCO2. The molecule has 0 spiro atoms. The van der Waals surface area contributed by atoms with Crippen LogP contribution in [-0.4, -0.2) is 23.8 Å². The smallest absolute Gasteiger partial charge is 0.253 e. The van der Waals surface area contributed by atoms with Gasteiger partial charge in [-0.1, -0.05) is 23.4 Å². The van der Waals surface area contributed by atoms with Gasteiger partial charge in [0.05, 0.1) is 23.4 Å². The molecule has 0 bridgehead atoms. The van der Waals surface area contributed by atoms with E-state index in [1.54, 1.807) is 38.1 Å². The van der Waals surface area contributed by atoms with E-state index >= 15 is 0 Å². The second-order valence-corrected chi connectivity index (χ2v) is 6.94. The Hall–Kier alpha value is -3.81. The highest BCUT2D eigenvalue weighted by molar-refractivity contribution is 6.04. The topological polar surface area (TPSA) is 103 Å². The molecule has 1 aliphatic heterocycles. The zero-order chi connectivity index (χ0) is 21.1. The Morgan fingerprint density at radius 3 is 2.67 bits per heavy atom. The second-order valence-electron chi connectivity index (χ2n) is 6.94. The number of amides is 2. The molecular weight excluding hydrogens is 386 g/mol. The summed E-state index contributed by atoms with van der Waals surface area (Å²) in [5, 5.41) is 9.54. The summed E-state index contributed by atoms with van der Waals surface area (Å²) in [4.78, 5) is 25.2. The number of rotatable bonds is 6. The predicted molar refractivity (Wildman–Crippen MR) is 108 cm³/mol. The van der Waals surface area contributed by atoms with Crippen molar-refractivity contribution in [2.75, 3.05) is 12.1 Å². The van der Waals surface area contributed by atoms with Crippen molar-refractivity contribution in [2.45, 2.75) is 26.8 Å². The number of hydrogen-bond acceptors (Lipinski definition) is 6. The summed E-state index contributed by atoms with van der Waals surface area (Å²) >= 11 is 0. The maximum absolute atomic E-state index is 12.7. The molecule has 0 fully saturated rings. The first-order chi connectivity index (χ1) is 14.5. The molecule has 0 radical (unpaired) electrons. The second kappa shape index (κ2) is 8.28. The maximum Gasteiger partial charge on any atom is 0.253 e. The number of hydrogen-bond donors (Lipinski definition) is 2. The number of nitrogens with zero attached hydrogens (tertiary/aromatic N) is 1. The Morgan fingerprint density at radius 1 is 1.07 bits per heavy atom. The standard InChI is InChI=1S/C22H21N3O5/c1-13-17(14(2)30-25-13)10-21(26)24-18-6-4-3-5-16(18)22(27)23-11-15-7-8-19-20(9-15)29-12-28-19/h3-9H,10-12H2,1-2H3,(H,23,27)(H,24,26). The van der Waals surface area contributed by atoms with E-state index in [0.717, 1.165) is 11.1 Å². The van der Waals surface area contributed by atoms with Gasteiger partial charge in [0.25, 0.3) is 5.91 Å². The summed E-state index contributed by atoms with van der Waals surface area (Å²) in [6.45, 7) is 4.07. The highest BCUT2D eigenvalue weighted by Gasteiger charge is 2.17. The molecule has 2 aromatic carbocycles. The molecule has 2 N–H and O–H groups in total. The molecule has 0 saturated carbocycles. The minimum Gasteiger partial charge on any atom is -0.454 e. The summed E-state index contributed by atoms with van der Waals surface area (Å²) in [5.74, 6) is 1.42. The molecule has 154 valence electrons. The van der Waals surface area contributed by atoms with Gasteiger partial charge in [0.1, 0.15) is 5.76 Å². The molecule has 3 aromatic rings. The van der Waals surface area contributed by atoms with Crippen LogP contribution >= 0.6 is 0 Å². The van der Waals surface area contributed by atoms with Crippen molar-refractivity contribution in [1.82, 2.24) is 10.5 Å². The van der Waals surface area contributed by atoms with E-state index in [1.165, 1.54) is 0 Å². The Kier molecular flexibility index (Phi) is 5.38. The van der Waals surface area contributed by atoms with Gasteiger partial charge in [0.15, 0.2) is 11.5 Å². The summed E-state index contributed by atoms with van der Waals surface area (Å²) < 4.78 is 15.8. The molecule has 0 aliphatic carbocycles. The zero-order valence-electron chi connectivity index (χ0n) is 16.7. The molecule has 8 nitrogen and oxygen atoms in total. The molecule has 0 saturated heterocycles. The van der Waals surface area contributed by atoms with E-state index in [2.05, 4.69) is 15.8 Å². The fraction of sp³-hybridized carbons (Fsp3) is 0.227. The van der Waals surface area contributed by atoms with Crippen molar-refractivity contribution in [1.29, 1.82) is 0 Å². The van der Waals surface area contributed by atoms with Crippen molar-refractivity contribution < 1.29 is 23.6 Å². The van der Waals surface area contributed by atoms with E-state index in [4.69, 9.17) is 14.0 Å². The van der Waals surface area contributed by atoms with Crippen molar-refractivity contribution in [3.8, 4) is 11.5 Å². The molecule has 1 aliphatic rings. The molecule has 2 heterocycles. The molecule has 0 atom stereocenters. The average Bonchev–Trinajstić information content (AvgIpc) is 3.33. The first kappa shape index (κ1) is 19.5. The van der Waals surface area contributed by atoms with E-state index in [1.807, 2.05) is 18.2 Å². The number of aromatic nitrogens is 1. The molecule has 1 aromatic heterocycles. The van der Waals surface area contributed by atoms with Crippen molar-refractivity contribution in [3.05, 3.63) is 70.6 Å². The van der Waals surface area contributed by atoms with Crippen LogP contribution in [0.25, 0.3) is 0 Å². The number of carbonyl (C=O) groups is 2. The summed E-state index contributed by atoms with van der Waals surface area (Å²) in [7, 11) is 0. The van der Waals surface area contributed by atoms with Gasteiger partial charge in [-0.05, 0) is 43.7 Å². The van der Waals surface area contributed by atoms with Crippen LogP contribution in [0.4, 0.5) is 5.69 Å². The highest BCUT2D eigenvalue weighted by atomic mass is 16.7. The number of aryl methyl sites for hydroxylation is 2. The maximum atomic E-state index is 12.7. The third-order valence-electron chi connectivity index (χ3n) is 4.85. The number of anilines is 1. The Morgan fingerprint density at radius 2 is 1.87 bits per heavy atom. The number of ether oxygens (including phenoxy) is 2. The van der Waals surface area contributed by atoms with Gasteiger partial charge in [0.2, 0.25) is 12.7 Å². The van der Waals surface area contributed by atoms with Crippen molar-refractivity contribution >= 4 is 17.5 Å². The summed E-state index contributed by atoms with van der Waals surface area (Å²) in [5.41, 5.74) is 3.13. The Labute approximate surface area is 173 Å². The van der Waals surface area contributed by atoms with Gasteiger partial charge in [-0.25, -0.2) is 0 Å². The number of fused-ring (bicyclic) bond motifs is 1. The van der Waals surface area contributed by atoms with Gasteiger partial charge in [-0.3, -0.25) is 9.59 Å². The van der Waals surface area contributed by atoms with Gasteiger partial charge in [-0.2, -0.15) is 0 Å². The molecule has 2 amide bonds. The van der Waals surface area contributed by atoms with E-state index in [9.17, 15) is 9.59 Å². The molecule has 30 heavy (non-hydrogen) atoms. The fourth-order valence-electron chi connectivity index (χ4n) is 3.23. The normalized spacial score (nSPS) is 11.9. The average molecular weight is 407 g/mol. The zero-order valence-corrected chi connectivity index (χ0v) is 16.7. The molecular formula is C22H21N3O5. The highest BCUT2D eigenvalue weighted by Crippen LogP contribution is 2.32. The van der Waals surface area contributed by atoms with Crippen molar-refractivity contribution in [3.63, 3.8) is 0 Å². The van der Waals surface area contributed by atoms with Gasteiger partial charge in [0, 0.05) is 12.1 Å². The minimum absolute atomic E-state index is 0.119. The van der Waals surface area contributed by atoms with Crippen LogP contribution in [0.3, 0.4) is 0 Å². The van der Waals surface area contributed by atoms with Crippen LogP contribution in [-0.2, 0) is 17.8 Å². The van der Waals surface area contributed by atoms with Crippen LogP contribution in [0, 0.1) is 13.8 Å². The van der Waals surface area contributed by atoms with Crippen LogP contribution in [0.1, 0.15) is 32.9 Å². The lowest BCUT2D eigenvalue weighted by Gasteiger charge is -2.12. The van der Waals surface area contributed by atoms with Gasteiger partial charge < -0.3 is 24.6 Å². The first-order valence-electron chi connectivity index (χ1n) is 9.48. The fourth-order valence-corrected chi connectivity index (χ4v) is 3.23. The minimum atomic E-state index is -0.291. The molecule has 0 unspecified atom stereocenters. The number of benzene rings is 2. The Balaban J connectivity index is 1.42. The van der Waals surface area contributed by atoms with E-state index in [-0.39, 0.29) is 25.0 Å². The van der Waals surface area contributed by atoms with Gasteiger partial charge in [-0.15, -0.1) is 0 Å². The van der Waals surface area contributed by atoms with Crippen LogP contribution in [0.5, 0.6) is 11.5 Å². The quantitative estimate of drug-likeness (QED) is 0.651. The third kappa shape index (κ3) is 4.12. The van der Waals surface area contributed by atoms with E-state index in [0.29, 0.717) is 40.7 Å². The van der Waals surface area contributed by atoms with Crippen molar-refractivity contribution in [2.24, 2.45) is 0 Å². The van der Waals surface area contributed by atoms with Crippen LogP contribution in [0.2, 0.25) is 0 Å². The van der Waals surface area contributed by atoms with Gasteiger partial charge >= 0.3 is 0 Å².